The molecule has 1 amide bonds. The van der Waals surface area contributed by atoms with E-state index in [0.717, 1.165) is 5.39 Å². The van der Waals surface area contributed by atoms with Gasteiger partial charge in [-0.1, -0.05) is 18.2 Å². The van der Waals surface area contributed by atoms with E-state index < -0.39 is 23.5 Å². The van der Waals surface area contributed by atoms with Crippen LogP contribution >= 0.6 is 11.8 Å². The highest BCUT2D eigenvalue weighted by atomic mass is 32.2. The van der Waals surface area contributed by atoms with Crippen LogP contribution in [0.3, 0.4) is 0 Å². The average molecular weight is 427 g/mol. The Morgan fingerprint density at radius 1 is 1.17 bits per heavy atom. The Labute approximate surface area is 177 Å². The molecule has 2 N–H and O–H groups in total. The van der Waals surface area contributed by atoms with Crippen molar-refractivity contribution in [2.75, 3.05) is 18.6 Å². The van der Waals surface area contributed by atoms with Crippen molar-refractivity contribution in [1.29, 1.82) is 0 Å². The van der Waals surface area contributed by atoms with E-state index in [-0.39, 0.29) is 6.61 Å². The van der Waals surface area contributed by atoms with Crippen molar-refractivity contribution in [3.05, 3.63) is 65.0 Å². The van der Waals surface area contributed by atoms with Crippen LogP contribution in [0, 0.1) is 0 Å². The molecule has 1 aromatic heterocycles. The molecule has 0 aliphatic heterocycles. The lowest BCUT2D eigenvalue weighted by Crippen LogP contribution is -2.43. The molecule has 1 heterocycles. The summed E-state index contributed by atoms with van der Waals surface area (Å²) in [4.78, 5) is 35.3. The van der Waals surface area contributed by atoms with Gasteiger partial charge in [0.25, 0.3) is 5.91 Å². The van der Waals surface area contributed by atoms with Crippen molar-refractivity contribution in [3.8, 4) is 17.1 Å². The molecular formula is C22H21NO6S. The second-order valence-corrected chi connectivity index (χ2v) is 7.52. The number of amides is 1. The summed E-state index contributed by atoms with van der Waals surface area (Å²) < 4.78 is 10.8. The molecule has 7 nitrogen and oxygen atoms in total. The third-order valence-corrected chi connectivity index (χ3v) is 5.07. The molecule has 0 spiro atoms. The van der Waals surface area contributed by atoms with Gasteiger partial charge in [-0.05, 0) is 60.2 Å². The highest BCUT2D eigenvalue weighted by Gasteiger charge is 2.19. The van der Waals surface area contributed by atoms with Crippen LogP contribution in [0.1, 0.15) is 6.42 Å². The largest absolute Gasteiger partial charge is 0.484 e. The van der Waals surface area contributed by atoms with Crippen LogP contribution in [0.25, 0.3) is 22.1 Å². The molecule has 8 heteroatoms. The lowest BCUT2D eigenvalue weighted by Gasteiger charge is -2.14. The van der Waals surface area contributed by atoms with Gasteiger partial charge in [-0.25, -0.2) is 9.59 Å². The number of hydrogen-bond donors (Lipinski definition) is 2. The van der Waals surface area contributed by atoms with E-state index in [0.29, 0.717) is 34.6 Å². The van der Waals surface area contributed by atoms with Gasteiger partial charge < -0.3 is 19.6 Å². The zero-order valence-corrected chi connectivity index (χ0v) is 17.1. The fourth-order valence-electron chi connectivity index (χ4n) is 2.87. The molecule has 0 aliphatic carbocycles. The third-order valence-electron chi connectivity index (χ3n) is 4.42. The molecule has 0 saturated carbocycles. The smallest absolute Gasteiger partial charge is 0.344 e. The van der Waals surface area contributed by atoms with Crippen molar-refractivity contribution in [2.24, 2.45) is 0 Å². The summed E-state index contributed by atoms with van der Waals surface area (Å²) in [5.41, 5.74) is 0.284. The molecule has 156 valence electrons. The summed E-state index contributed by atoms with van der Waals surface area (Å²) in [6, 6.07) is 14.8. The van der Waals surface area contributed by atoms with Crippen LogP contribution in [-0.4, -0.2) is 41.6 Å². The summed E-state index contributed by atoms with van der Waals surface area (Å²) in [7, 11) is 0. The number of hydrogen-bond acceptors (Lipinski definition) is 6. The number of carboxylic acids is 1. The van der Waals surface area contributed by atoms with Gasteiger partial charge >= 0.3 is 11.6 Å². The Morgan fingerprint density at radius 2 is 1.90 bits per heavy atom. The molecule has 1 atom stereocenters. The summed E-state index contributed by atoms with van der Waals surface area (Å²) >= 11 is 1.51. The van der Waals surface area contributed by atoms with Crippen molar-refractivity contribution < 1.29 is 23.8 Å². The number of nitrogens with one attached hydrogen (secondary N) is 1. The van der Waals surface area contributed by atoms with Crippen molar-refractivity contribution in [2.45, 2.75) is 12.5 Å². The van der Waals surface area contributed by atoms with Crippen LogP contribution < -0.4 is 15.7 Å². The van der Waals surface area contributed by atoms with Crippen LogP contribution in [0.4, 0.5) is 0 Å². The lowest BCUT2D eigenvalue weighted by molar-refractivity contribution is -0.142. The molecule has 1 unspecified atom stereocenters. The molecule has 30 heavy (non-hydrogen) atoms. The number of fused-ring (bicyclic) bond motifs is 1. The number of carboxylic acid groups (broad SMARTS) is 1. The summed E-state index contributed by atoms with van der Waals surface area (Å²) in [6.45, 7) is -0.298. The topological polar surface area (TPSA) is 106 Å². The minimum Gasteiger partial charge on any atom is -0.484 e. The van der Waals surface area contributed by atoms with Gasteiger partial charge in [0.05, 0.1) is 5.39 Å². The fraction of sp³-hybridized carbons (Fsp3) is 0.227. The Hall–Kier alpha value is -3.26. The standard InChI is InChI=1S/C22H21NO6S/c1-30-11-10-18(21(25)26)23-20(24)13-28-16-8-6-14(7-9-16)19-12-15-4-2-3-5-17(15)22(27)29-19/h2-9,12,18H,10-11,13H2,1H3,(H,23,24)(H,25,26). The quantitative estimate of drug-likeness (QED) is 0.540. The van der Waals surface area contributed by atoms with E-state index in [4.69, 9.17) is 14.3 Å². The van der Waals surface area contributed by atoms with Crippen molar-refractivity contribution in [3.63, 3.8) is 0 Å². The van der Waals surface area contributed by atoms with Crippen LogP contribution in [-0.2, 0) is 9.59 Å². The predicted octanol–water partition coefficient (Wildman–Crippen LogP) is 3.16. The first-order valence-corrected chi connectivity index (χ1v) is 10.6. The van der Waals surface area contributed by atoms with Gasteiger partial charge in [0.1, 0.15) is 17.6 Å². The molecule has 0 saturated heterocycles. The van der Waals surface area contributed by atoms with Crippen molar-refractivity contribution >= 4 is 34.4 Å². The van der Waals surface area contributed by atoms with E-state index in [9.17, 15) is 14.4 Å². The highest BCUT2D eigenvalue weighted by molar-refractivity contribution is 7.98. The minimum absolute atomic E-state index is 0.298. The second kappa shape index (κ2) is 9.98. The van der Waals surface area contributed by atoms with Gasteiger partial charge in [-0.15, -0.1) is 0 Å². The summed E-state index contributed by atoms with van der Waals surface area (Å²) in [5, 5.41) is 12.9. The molecule has 0 aliphatic rings. The zero-order valence-electron chi connectivity index (χ0n) is 16.3. The van der Waals surface area contributed by atoms with E-state index in [1.54, 1.807) is 42.5 Å². The monoisotopic (exact) mass is 427 g/mol. The number of benzene rings is 2. The maximum Gasteiger partial charge on any atom is 0.344 e. The first kappa shape index (κ1) is 21.4. The normalized spacial score (nSPS) is 11.8. The maximum atomic E-state index is 12.1. The van der Waals surface area contributed by atoms with E-state index in [1.807, 2.05) is 18.4 Å². The van der Waals surface area contributed by atoms with Crippen molar-refractivity contribution in [1.82, 2.24) is 5.32 Å². The molecule has 2 aromatic carbocycles. The SMILES string of the molecule is CSCCC(NC(=O)COc1ccc(-c2cc3ccccc3c(=O)o2)cc1)C(=O)O. The fourth-order valence-corrected chi connectivity index (χ4v) is 3.34. The number of ether oxygens (including phenoxy) is 1. The van der Waals surface area contributed by atoms with E-state index >= 15 is 0 Å². The van der Waals surface area contributed by atoms with Gasteiger partial charge in [0.15, 0.2) is 6.61 Å². The minimum atomic E-state index is -1.07. The highest BCUT2D eigenvalue weighted by Crippen LogP contribution is 2.24. The van der Waals surface area contributed by atoms with Gasteiger partial charge in [-0.2, -0.15) is 11.8 Å². The Bertz CT molecular complexity index is 1090. The first-order chi connectivity index (χ1) is 14.5. The lowest BCUT2D eigenvalue weighted by atomic mass is 10.1. The number of aliphatic carboxylic acids is 1. The van der Waals surface area contributed by atoms with Crippen LogP contribution in [0.2, 0.25) is 0 Å². The number of carbonyl (C=O) groups is 2. The Morgan fingerprint density at radius 3 is 2.60 bits per heavy atom. The van der Waals surface area contributed by atoms with Crippen LogP contribution in [0.15, 0.2) is 63.8 Å². The first-order valence-electron chi connectivity index (χ1n) is 9.25. The Kier molecular flexibility index (Phi) is 7.13. The number of thioether (sulfide) groups is 1. The average Bonchev–Trinajstić information content (AvgIpc) is 2.75. The second-order valence-electron chi connectivity index (χ2n) is 6.54. The predicted molar refractivity (Wildman–Crippen MR) is 116 cm³/mol. The van der Waals surface area contributed by atoms with E-state index in [2.05, 4.69) is 5.32 Å². The third kappa shape index (κ3) is 5.42. The number of rotatable bonds is 9. The van der Waals surface area contributed by atoms with Gasteiger partial charge in [-0.3, -0.25) is 4.79 Å². The zero-order chi connectivity index (χ0) is 21.5. The molecule has 0 bridgehead atoms. The molecular weight excluding hydrogens is 406 g/mol. The number of carbonyl (C=O) groups excluding carboxylic acids is 1. The summed E-state index contributed by atoms with van der Waals surface area (Å²) in [5.74, 6) is -0.0781. The van der Waals surface area contributed by atoms with Gasteiger partial charge in [0.2, 0.25) is 0 Å². The maximum absolute atomic E-state index is 12.1. The van der Waals surface area contributed by atoms with Gasteiger partial charge in [0, 0.05) is 5.56 Å². The molecule has 3 aromatic rings. The van der Waals surface area contributed by atoms with Crippen LogP contribution in [0.5, 0.6) is 5.75 Å². The summed E-state index contributed by atoms with van der Waals surface area (Å²) in [6.07, 6.45) is 2.21. The molecule has 3 rings (SSSR count). The van der Waals surface area contributed by atoms with E-state index in [1.165, 1.54) is 11.8 Å². The Balaban J connectivity index is 1.63. The molecule has 0 fully saturated rings. The molecule has 0 radical (unpaired) electrons.